The van der Waals surface area contributed by atoms with E-state index in [9.17, 15) is 4.79 Å². The molecule has 0 aliphatic carbocycles. The summed E-state index contributed by atoms with van der Waals surface area (Å²) >= 11 is 1.36. The van der Waals surface area contributed by atoms with Crippen molar-refractivity contribution in [2.24, 2.45) is 0 Å². The quantitative estimate of drug-likeness (QED) is 0.725. The van der Waals surface area contributed by atoms with Crippen molar-refractivity contribution in [3.8, 4) is 0 Å². The van der Waals surface area contributed by atoms with Crippen molar-refractivity contribution >= 4 is 22.4 Å². The zero-order valence-corrected chi connectivity index (χ0v) is 15.2. The minimum Gasteiger partial charge on any atom is -0.468 e. The monoisotopic (exact) mass is 356 g/mol. The van der Waals surface area contributed by atoms with E-state index in [2.05, 4.69) is 27.3 Å². The number of nitrogens with one attached hydrogen (secondary N) is 1. The number of furan rings is 1. The van der Waals surface area contributed by atoms with Crippen LogP contribution >= 0.6 is 11.3 Å². The van der Waals surface area contributed by atoms with E-state index in [-0.39, 0.29) is 11.9 Å². The van der Waals surface area contributed by atoms with E-state index < -0.39 is 0 Å². The van der Waals surface area contributed by atoms with E-state index in [1.54, 1.807) is 12.3 Å². The van der Waals surface area contributed by atoms with Crippen LogP contribution < -0.4 is 5.32 Å². The number of amides is 1. The van der Waals surface area contributed by atoms with Gasteiger partial charge in [-0.1, -0.05) is 23.5 Å². The molecule has 130 valence electrons. The summed E-state index contributed by atoms with van der Waals surface area (Å²) in [6.45, 7) is 4.65. The predicted molar refractivity (Wildman–Crippen MR) is 97.6 cm³/mol. The fourth-order valence-corrected chi connectivity index (χ4v) is 3.09. The summed E-state index contributed by atoms with van der Waals surface area (Å²) in [6.07, 6.45) is 1.68. The number of anilines is 1. The van der Waals surface area contributed by atoms with Crippen LogP contribution in [-0.4, -0.2) is 28.1 Å². The Hall–Kier alpha value is -2.51. The van der Waals surface area contributed by atoms with Gasteiger partial charge in [0.15, 0.2) is 0 Å². The van der Waals surface area contributed by atoms with Crippen LogP contribution in [0, 0.1) is 6.92 Å². The molecule has 0 spiro atoms. The topological polar surface area (TPSA) is 71.3 Å². The summed E-state index contributed by atoms with van der Waals surface area (Å²) < 4.78 is 5.47. The van der Waals surface area contributed by atoms with Gasteiger partial charge in [-0.25, -0.2) is 0 Å². The molecule has 0 aliphatic rings. The third-order valence-electron chi connectivity index (χ3n) is 3.98. The van der Waals surface area contributed by atoms with Crippen LogP contribution in [0.3, 0.4) is 0 Å². The summed E-state index contributed by atoms with van der Waals surface area (Å²) in [4.78, 5) is 14.6. The minimum absolute atomic E-state index is 0.150. The van der Waals surface area contributed by atoms with Gasteiger partial charge in [0.1, 0.15) is 10.8 Å². The number of benzene rings is 1. The fraction of sp³-hybridized carbons (Fsp3) is 0.278. The fourth-order valence-electron chi connectivity index (χ4n) is 2.50. The van der Waals surface area contributed by atoms with E-state index in [1.165, 1.54) is 11.3 Å². The van der Waals surface area contributed by atoms with Crippen LogP contribution in [0.2, 0.25) is 0 Å². The number of carbonyl (C=O) groups excluding carboxylic acids is 1. The molecule has 7 heteroatoms. The Balaban J connectivity index is 1.67. The molecular formula is C18H20N4O2S. The maximum absolute atomic E-state index is 12.4. The molecule has 6 nitrogen and oxygen atoms in total. The highest BCUT2D eigenvalue weighted by atomic mass is 32.1. The minimum atomic E-state index is -0.181. The third kappa shape index (κ3) is 4.32. The van der Waals surface area contributed by atoms with E-state index in [1.807, 2.05) is 44.3 Å². The van der Waals surface area contributed by atoms with Crippen molar-refractivity contribution in [2.75, 3.05) is 12.4 Å². The number of aryl methyl sites for hydroxylation is 1. The third-order valence-corrected chi connectivity index (χ3v) is 4.74. The lowest BCUT2D eigenvalue weighted by Gasteiger charge is -2.23. The van der Waals surface area contributed by atoms with Gasteiger partial charge in [-0.3, -0.25) is 15.0 Å². The van der Waals surface area contributed by atoms with Crippen molar-refractivity contribution < 1.29 is 9.21 Å². The molecule has 0 saturated heterocycles. The number of aromatic nitrogens is 2. The molecule has 2 aromatic heterocycles. The largest absolute Gasteiger partial charge is 0.468 e. The molecule has 3 rings (SSSR count). The number of rotatable bonds is 6. The van der Waals surface area contributed by atoms with E-state index in [4.69, 9.17) is 4.42 Å². The highest BCUT2D eigenvalue weighted by molar-refractivity contribution is 7.15. The molecule has 1 aromatic carbocycles. The highest BCUT2D eigenvalue weighted by Crippen LogP contribution is 2.21. The van der Waals surface area contributed by atoms with Crippen LogP contribution in [0.15, 0.2) is 47.1 Å². The molecule has 1 atom stereocenters. The van der Waals surface area contributed by atoms with Gasteiger partial charge in [-0.2, -0.15) is 0 Å². The second-order valence-electron chi connectivity index (χ2n) is 5.89. The maximum Gasteiger partial charge on any atom is 0.257 e. The Labute approximate surface area is 150 Å². The van der Waals surface area contributed by atoms with Gasteiger partial charge in [0, 0.05) is 12.1 Å². The zero-order valence-electron chi connectivity index (χ0n) is 14.4. The van der Waals surface area contributed by atoms with Gasteiger partial charge < -0.3 is 4.42 Å². The lowest BCUT2D eigenvalue weighted by atomic mass is 10.1. The molecule has 3 aromatic rings. The van der Waals surface area contributed by atoms with Gasteiger partial charge in [0.05, 0.1) is 12.3 Å². The number of hydrogen-bond acceptors (Lipinski definition) is 6. The normalized spacial score (nSPS) is 12.3. The first kappa shape index (κ1) is 17.3. The first-order valence-corrected chi connectivity index (χ1v) is 8.78. The van der Waals surface area contributed by atoms with Crippen molar-refractivity contribution in [2.45, 2.75) is 26.4 Å². The van der Waals surface area contributed by atoms with E-state index in [0.717, 1.165) is 16.3 Å². The van der Waals surface area contributed by atoms with Crippen LogP contribution in [0.25, 0.3) is 0 Å². The summed E-state index contributed by atoms with van der Waals surface area (Å²) in [7, 11) is 2.03. The van der Waals surface area contributed by atoms with Crippen LogP contribution in [0.1, 0.15) is 39.7 Å². The van der Waals surface area contributed by atoms with Crippen LogP contribution in [0.5, 0.6) is 0 Å². The number of carbonyl (C=O) groups is 1. The number of hydrogen-bond donors (Lipinski definition) is 1. The molecule has 2 heterocycles. The molecular weight excluding hydrogens is 336 g/mol. The Morgan fingerprint density at radius 1 is 1.32 bits per heavy atom. The maximum atomic E-state index is 12.4. The first-order valence-electron chi connectivity index (χ1n) is 7.97. The Morgan fingerprint density at radius 2 is 2.16 bits per heavy atom. The molecule has 1 N–H and O–H groups in total. The first-order chi connectivity index (χ1) is 12.0. The van der Waals surface area contributed by atoms with Crippen molar-refractivity contribution in [3.05, 3.63) is 64.6 Å². The average Bonchev–Trinajstić information content (AvgIpc) is 3.26. The van der Waals surface area contributed by atoms with Gasteiger partial charge in [0.25, 0.3) is 5.91 Å². The van der Waals surface area contributed by atoms with Crippen LogP contribution in [0.4, 0.5) is 5.13 Å². The summed E-state index contributed by atoms with van der Waals surface area (Å²) in [5, 5.41) is 11.9. The highest BCUT2D eigenvalue weighted by Gasteiger charge is 2.15. The Bertz CT molecular complexity index is 844. The van der Waals surface area contributed by atoms with Gasteiger partial charge >= 0.3 is 0 Å². The second-order valence-corrected chi connectivity index (χ2v) is 7.07. The summed E-state index contributed by atoms with van der Waals surface area (Å²) in [6, 6.07) is 11.6. The molecule has 25 heavy (non-hydrogen) atoms. The molecule has 0 saturated carbocycles. The van der Waals surface area contributed by atoms with Crippen molar-refractivity contribution in [1.82, 2.24) is 15.1 Å². The lowest BCUT2D eigenvalue weighted by Crippen LogP contribution is -2.22. The number of nitrogens with zero attached hydrogens (tertiary/aromatic N) is 3. The molecule has 0 bridgehead atoms. The molecule has 1 amide bonds. The van der Waals surface area contributed by atoms with Crippen LogP contribution in [-0.2, 0) is 6.54 Å². The SMILES string of the molecule is Cc1nnc(NC(=O)c2cccc(CN(C)C(C)c3ccco3)c2)s1. The lowest BCUT2D eigenvalue weighted by molar-refractivity contribution is 0.102. The Kier molecular flexibility index (Phi) is 5.25. The smallest absolute Gasteiger partial charge is 0.257 e. The Morgan fingerprint density at radius 3 is 2.84 bits per heavy atom. The predicted octanol–water partition coefficient (Wildman–Crippen LogP) is 3.88. The van der Waals surface area contributed by atoms with Crippen molar-refractivity contribution in [1.29, 1.82) is 0 Å². The zero-order chi connectivity index (χ0) is 17.8. The molecule has 1 unspecified atom stereocenters. The average molecular weight is 356 g/mol. The molecule has 0 radical (unpaired) electrons. The summed E-state index contributed by atoms with van der Waals surface area (Å²) in [5.74, 6) is 0.739. The molecule has 0 aliphatic heterocycles. The van der Waals surface area contributed by atoms with Gasteiger partial charge in [0.2, 0.25) is 5.13 Å². The molecule has 0 fully saturated rings. The second kappa shape index (κ2) is 7.58. The standard InChI is InChI=1S/C18H20N4O2S/c1-12(16-8-5-9-24-16)22(3)11-14-6-4-7-15(10-14)17(23)19-18-21-20-13(2)25-18/h4-10,12H,11H2,1-3H3,(H,19,21,23). The van der Waals surface area contributed by atoms with E-state index >= 15 is 0 Å². The van der Waals surface area contributed by atoms with E-state index in [0.29, 0.717) is 17.2 Å². The van der Waals surface area contributed by atoms with Gasteiger partial charge in [-0.15, -0.1) is 10.2 Å². The van der Waals surface area contributed by atoms with Crippen molar-refractivity contribution in [3.63, 3.8) is 0 Å². The summed E-state index contributed by atoms with van der Waals surface area (Å²) in [5.41, 5.74) is 1.66. The van der Waals surface area contributed by atoms with Gasteiger partial charge in [-0.05, 0) is 50.7 Å².